The zero-order chi connectivity index (χ0) is 21.3. The number of nitrogens with zero attached hydrogens (tertiary/aromatic N) is 1. The van der Waals surface area contributed by atoms with Gasteiger partial charge in [-0.15, -0.1) is 0 Å². The van der Waals surface area contributed by atoms with E-state index in [0.717, 1.165) is 6.08 Å². The summed E-state index contributed by atoms with van der Waals surface area (Å²) in [5, 5.41) is 5.14. The van der Waals surface area contributed by atoms with Crippen LogP contribution in [0.25, 0.3) is 0 Å². The minimum atomic E-state index is -3.77. The van der Waals surface area contributed by atoms with E-state index < -0.39 is 21.8 Å². The molecule has 2 amide bonds. The van der Waals surface area contributed by atoms with E-state index in [1.165, 1.54) is 40.9 Å². The van der Waals surface area contributed by atoms with E-state index >= 15 is 0 Å². The maximum atomic E-state index is 12.9. The quantitative estimate of drug-likeness (QED) is 0.583. The van der Waals surface area contributed by atoms with Crippen LogP contribution in [-0.2, 0) is 27.9 Å². The third-order valence-electron chi connectivity index (χ3n) is 4.49. The maximum Gasteiger partial charge on any atom is 0.291 e. The van der Waals surface area contributed by atoms with Gasteiger partial charge in [0.2, 0.25) is 15.9 Å². The van der Waals surface area contributed by atoms with Crippen molar-refractivity contribution >= 4 is 33.4 Å². The summed E-state index contributed by atoms with van der Waals surface area (Å²) in [7, 11) is -3.77. The fourth-order valence-electron chi connectivity index (χ4n) is 3.00. The fourth-order valence-corrected chi connectivity index (χ4v) is 4.38. The van der Waals surface area contributed by atoms with Gasteiger partial charge in [-0.2, -0.15) is 4.31 Å². The van der Waals surface area contributed by atoms with Crippen LogP contribution in [0.4, 0.5) is 11.6 Å². The third-order valence-corrected chi connectivity index (χ3v) is 6.30. The van der Waals surface area contributed by atoms with Gasteiger partial charge in [0.25, 0.3) is 5.91 Å². The molecular weight excluding hydrogens is 410 g/mol. The maximum absolute atomic E-state index is 12.9. The van der Waals surface area contributed by atoms with Crippen molar-refractivity contribution in [1.29, 1.82) is 0 Å². The first-order valence-corrected chi connectivity index (χ1v) is 10.3. The summed E-state index contributed by atoms with van der Waals surface area (Å²) in [6.45, 7) is 3.55. The summed E-state index contributed by atoms with van der Waals surface area (Å²) in [6.07, 6.45) is 2.51. The van der Waals surface area contributed by atoms with Crippen LogP contribution in [0.1, 0.15) is 21.9 Å². The van der Waals surface area contributed by atoms with Crippen LogP contribution < -0.4 is 10.6 Å². The first kappa shape index (κ1) is 19.7. The highest BCUT2D eigenvalue weighted by Crippen LogP contribution is 2.33. The Morgan fingerprint density at radius 3 is 2.50 bits per heavy atom. The van der Waals surface area contributed by atoms with Crippen molar-refractivity contribution < 1.29 is 26.8 Å². The van der Waals surface area contributed by atoms with Crippen LogP contribution in [0.3, 0.4) is 0 Å². The number of carbonyl (C=O) groups excluding carboxylic acids is 2. The SMILES string of the molecule is C=CC(=O)Nc1cc2c(o1)CN(S(=O)(=O)c1ccc(NC(=O)c3ccco3)cc1)C2. The van der Waals surface area contributed by atoms with Crippen molar-refractivity contribution in [3.05, 3.63) is 78.5 Å². The number of rotatable bonds is 6. The Balaban J connectivity index is 1.44. The summed E-state index contributed by atoms with van der Waals surface area (Å²) >= 11 is 0. The van der Waals surface area contributed by atoms with Crippen molar-refractivity contribution in [1.82, 2.24) is 4.31 Å². The average Bonchev–Trinajstić information content (AvgIpc) is 3.45. The molecule has 154 valence electrons. The monoisotopic (exact) mass is 427 g/mol. The molecule has 30 heavy (non-hydrogen) atoms. The molecule has 1 aliphatic heterocycles. The molecular formula is C20H17N3O6S. The zero-order valence-corrected chi connectivity index (χ0v) is 16.4. The second kappa shape index (κ2) is 7.65. The normalized spacial score (nSPS) is 13.6. The summed E-state index contributed by atoms with van der Waals surface area (Å²) in [6, 6.07) is 10.6. The molecule has 1 aromatic carbocycles. The van der Waals surface area contributed by atoms with Crippen molar-refractivity contribution in [2.45, 2.75) is 18.0 Å². The zero-order valence-electron chi connectivity index (χ0n) is 15.6. The molecule has 0 saturated carbocycles. The number of nitrogens with one attached hydrogen (secondary N) is 2. The Bertz CT molecular complexity index is 1190. The van der Waals surface area contributed by atoms with Crippen molar-refractivity contribution in [3.63, 3.8) is 0 Å². The summed E-state index contributed by atoms with van der Waals surface area (Å²) in [5.74, 6) is 0.0325. The minimum absolute atomic E-state index is 0.0542. The lowest BCUT2D eigenvalue weighted by Crippen LogP contribution is -2.25. The number of hydrogen-bond donors (Lipinski definition) is 2. The van der Waals surface area contributed by atoms with Gasteiger partial charge in [0, 0.05) is 23.9 Å². The van der Waals surface area contributed by atoms with Gasteiger partial charge in [0.15, 0.2) is 11.6 Å². The summed E-state index contributed by atoms with van der Waals surface area (Å²) < 4.78 is 37.7. The number of benzene rings is 1. The van der Waals surface area contributed by atoms with Gasteiger partial charge in [0.05, 0.1) is 17.7 Å². The predicted octanol–water partition coefficient (Wildman–Crippen LogP) is 2.95. The number of hydrogen-bond acceptors (Lipinski definition) is 6. The van der Waals surface area contributed by atoms with Gasteiger partial charge >= 0.3 is 0 Å². The van der Waals surface area contributed by atoms with E-state index in [-0.39, 0.29) is 29.6 Å². The number of anilines is 2. The lowest BCUT2D eigenvalue weighted by atomic mass is 10.3. The van der Waals surface area contributed by atoms with Crippen LogP contribution in [-0.4, -0.2) is 24.5 Å². The summed E-state index contributed by atoms with van der Waals surface area (Å²) in [5.41, 5.74) is 1.12. The molecule has 10 heteroatoms. The van der Waals surface area contributed by atoms with E-state index in [9.17, 15) is 18.0 Å². The molecule has 1 aliphatic rings. The van der Waals surface area contributed by atoms with Crippen molar-refractivity contribution in [3.8, 4) is 0 Å². The van der Waals surface area contributed by atoms with Crippen LogP contribution >= 0.6 is 0 Å². The highest BCUT2D eigenvalue weighted by atomic mass is 32.2. The van der Waals surface area contributed by atoms with Crippen LogP contribution in [0.5, 0.6) is 0 Å². The Morgan fingerprint density at radius 1 is 1.10 bits per heavy atom. The second-order valence-corrected chi connectivity index (χ2v) is 8.42. The highest BCUT2D eigenvalue weighted by Gasteiger charge is 2.33. The molecule has 3 heterocycles. The van der Waals surface area contributed by atoms with Crippen molar-refractivity contribution in [2.75, 3.05) is 10.6 Å². The standard InChI is InChI=1S/C20H17N3O6S/c1-2-18(24)22-19-10-13-11-23(12-17(13)29-19)30(26,27)15-7-5-14(6-8-15)21-20(25)16-4-3-9-28-16/h2-10H,1,11-12H2,(H,21,25)(H,22,24). The van der Waals surface area contributed by atoms with Crippen molar-refractivity contribution in [2.24, 2.45) is 0 Å². The minimum Gasteiger partial charge on any atom is -0.459 e. The molecule has 9 nitrogen and oxygen atoms in total. The predicted molar refractivity (Wildman–Crippen MR) is 107 cm³/mol. The molecule has 0 unspecified atom stereocenters. The number of furan rings is 2. The van der Waals surface area contributed by atoms with Gasteiger partial charge in [-0.25, -0.2) is 8.42 Å². The molecule has 2 aromatic heterocycles. The second-order valence-electron chi connectivity index (χ2n) is 6.48. The molecule has 0 spiro atoms. The number of carbonyl (C=O) groups is 2. The molecule has 0 aliphatic carbocycles. The molecule has 0 fully saturated rings. The number of amides is 2. The smallest absolute Gasteiger partial charge is 0.291 e. The van der Waals surface area contributed by atoms with E-state index in [0.29, 0.717) is 17.0 Å². The van der Waals surface area contributed by atoms with Gasteiger partial charge < -0.3 is 14.2 Å². The lowest BCUT2D eigenvalue weighted by Gasteiger charge is -2.16. The molecule has 4 rings (SSSR count). The van der Waals surface area contributed by atoms with Gasteiger partial charge in [-0.1, -0.05) is 6.58 Å². The highest BCUT2D eigenvalue weighted by molar-refractivity contribution is 7.89. The Kier molecular flexibility index (Phi) is 5.02. The number of sulfonamides is 1. The Labute approximate surface area is 172 Å². The average molecular weight is 427 g/mol. The molecule has 0 radical (unpaired) electrons. The van der Waals surface area contributed by atoms with E-state index in [2.05, 4.69) is 17.2 Å². The van der Waals surface area contributed by atoms with E-state index in [1.54, 1.807) is 12.1 Å². The van der Waals surface area contributed by atoms with Gasteiger partial charge in [0.1, 0.15) is 5.76 Å². The van der Waals surface area contributed by atoms with Crippen LogP contribution in [0.2, 0.25) is 0 Å². The Morgan fingerprint density at radius 2 is 1.87 bits per heavy atom. The molecule has 0 atom stereocenters. The lowest BCUT2D eigenvalue weighted by molar-refractivity contribution is -0.112. The van der Waals surface area contributed by atoms with E-state index in [4.69, 9.17) is 8.83 Å². The van der Waals surface area contributed by atoms with Crippen LogP contribution in [0, 0.1) is 0 Å². The van der Waals surface area contributed by atoms with Gasteiger partial charge in [-0.3, -0.25) is 14.9 Å². The van der Waals surface area contributed by atoms with Gasteiger partial charge in [-0.05, 0) is 42.5 Å². The topological polar surface area (TPSA) is 122 Å². The first-order chi connectivity index (χ1) is 14.4. The molecule has 0 bridgehead atoms. The largest absolute Gasteiger partial charge is 0.459 e. The van der Waals surface area contributed by atoms with Crippen LogP contribution in [0.15, 0.2) is 75.1 Å². The molecule has 3 aromatic rings. The first-order valence-electron chi connectivity index (χ1n) is 8.87. The third kappa shape index (κ3) is 3.78. The Hall–Kier alpha value is -3.63. The fraction of sp³-hybridized carbons (Fsp3) is 0.100. The van der Waals surface area contributed by atoms with E-state index in [1.807, 2.05) is 0 Å². The molecule has 0 saturated heterocycles. The molecule has 2 N–H and O–H groups in total. The number of fused-ring (bicyclic) bond motifs is 1. The summed E-state index contributed by atoms with van der Waals surface area (Å²) in [4.78, 5) is 23.4.